The van der Waals surface area contributed by atoms with Crippen molar-refractivity contribution in [3.05, 3.63) is 65.7 Å². The fourth-order valence-electron chi connectivity index (χ4n) is 1.63. The van der Waals surface area contributed by atoms with Crippen LogP contribution in [-0.2, 0) is 6.61 Å². The van der Waals surface area contributed by atoms with E-state index in [1.807, 2.05) is 54.6 Å². The first-order chi connectivity index (χ1) is 8.81. The summed E-state index contributed by atoms with van der Waals surface area (Å²) in [6, 6.07) is 18.6. The number of hydrogen-bond acceptors (Lipinski definition) is 3. The Hall–Kier alpha value is -2.60. The van der Waals surface area contributed by atoms with Crippen LogP contribution < -0.4 is 4.74 Å². The minimum absolute atomic E-state index is 0.0396. The molecule has 18 heavy (non-hydrogen) atoms. The monoisotopic (exact) mass is 236 g/mol. The molecule has 0 aliphatic rings. The van der Waals surface area contributed by atoms with Gasteiger partial charge in [-0.1, -0.05) is 42.5 Å². The van der Waals surface area contributed by atoms with Gasteiger partial charge in [0.05, 0.1) is 0 Å². The van der Waals surface area contributed by atoms with Crippen LogP contribution in [0.25, 0.3) is 0 Å². The number of rotatable bonds is 4. The van der Waals surface area contributed by atoms with Gasteiger partial charge >= 0.3 is 0 Å². The van der Waals surface area contributed by atoms with Crippen LogP contribution in [0.15, 0.2) is 54.6 Å². The van der Waals surface area contributed by atoms with Crippen molar-refractivity contribution in [1.29, 1.82) is 10.7 Å². The second kappa shape index (κ2) is 5.65. The number of hydrogen-bond donors (Lipinski definition) is 1. The summed E-state index contributed by atoms with van der Waals surface area (Å²) in [6.07, 6.45) is 0. The highest BCUT2D eigenvalue weighted by Crippen LogP contribution is 2.14. The molecule has 0 amide bonds. The number of ether oxygens (including phenoxy) is 1. The van der Waals surface area contributed by atoms with Gasteiger partial charge in [-0.3, -0.25) is 5.41 Å². The summed E-state index contributed by atoms with van der Waals surface area (Å²) < 4.78 is 5.62. The quantitative estimate of drug-likeness (QED) is 0.829. The SMILES string of the molecule is N#CC(=N)c1ccccc1COc1ccccc1. The highest BCUT2D eigenvalue weighted by molar-refractivity contribution is 6.10. The van der Waals surface area contributed by atoms with Crippen molar-refractivity contribution in [3.8, 4) is 11.8 Å². The molecular weight excluding hydrogens is 224 g/mol. The summed E-state index contributed by atoms with van der Waals surface area (Å²) in [4.78, 5) is 0. The second-order valence-corrected chi connectivity index (χ2v) is 3.75. The van der Waals surface area contributed by atoms with Crippen LogP contribution in [0.2, 0.25) is 0 Å². The van der Waals surface area contributed by atoms with Gasteiger partial charge in [0.25, 0.3) is 0 Å². The first kappa shape index (κ1) is 11.9. The molecule has 2 aromatic rings. The Bertz CT molecular complexity index is 585. The van der Waals surface area contributed by atoms with Crippen molar-refractivity contribution in [3.63, 3.8) is 0 Å². The van der Waals surface area contributed by atoms with Crippen LogP contribution in [0.1, 0.15) is 11.1 Å². The van der Waals surface area contributed by atoms with Gasteiger partial charge in [-0.2, -0.15) is 5.26 Å². The molecule has 0 fully saturated rings. The molecule has 0 atom stereocenters. The summed E-state index contributed by atoms with van der Waals surface area (Å²) in [6.45, 7) is 0.351. The molecule has 0 unspecified atom stereocenters. The fourth-order valence-corrected chi connectivity index (χ4v) is 1.63. The van der Waals surface area contributed by atoms with Crippen LogP contribution in [0.4, 0.5) is 0 Å². The Balaban J connectivity index is 2.15. The summed E-state index contributed by atoms with van der Waals surface area (Å²) in [5.41, 5.74) is 1.42. The third-order valence-corrected chi connectivity index (χ3v) is 2.54. The predicted octanol–water partition coefficient (Wildman–Crippen LogP) is 3.16. The Morgan fingerprint density at radius 1 is 1.06 bits per heavy atom. The standard InChI is InChI=1S/C15H12N2O/c16-10-15(17)14-9-5-4-6-12(14)11-18-13-7-2-1-3-8-13/h1-9,17H,11H2. The van der Waals surface area contributed by atoms with Crippen molar-refractivity contribution in [2.45, 2.75) is 6.61 Å². The van der Waals surface area contributed by atoms with Crippen molar-refractivity contribution in [1.82, 2.24) is 0 Å². The molecule has 0 heterocycles. The molecule has 0 spiro atoms. The minimum atomic E-state index is -0.0396. The van der Waals surface area contributed by atoms with Gasteiger partial charge in [-0.25, -0.2) is 0 Å². The van der Waals surface area contributed by atoms with Crippen LogP contribution in [-0.4, -0.2) is 5.71 Å². The zero-order chi connectivity index (χ0) is 12.8. The second-order valence-electron chi connectivity index (χ2n) is 3.75. The zero-order valence-corrected chi connectivity index (χ0v) is 9.76. The molecule has 0 aliphatic heterocycles. The average Bonchev–Trinajstić information content (AvgIpc) is 2.45. The summed E-state index contributed by atoms with van der Waals surface area (Å²) in [5.74, 6) is 0.774. The Morgan fingerprint density at radius 2 is 1.72 bits per heavy atom. The van der Waals surface area contributed by atoms with Crippen LogP contribution in [0.3, 0.4) is 0 Å². The van der Waals surface area contributed by atoms with Crippen LogP contribution in [0, 0.1) is 16.7 Å². The maximum absolute atomic E-state index is 8.78. The van der Waals surface area contributed by atoms with E-state index in [4.69, 9.17) is 15.4 Å². The van der Waals surface area contributed by atoms with E-state index < -0.39 is 0 Å². The Kier molecular flexibility index (Phi) is 3.72. The molecule has 2 rings (SSSR count). The highest BCUT2D eigenvalue weighted by Gasteiger charge is 2.07. The van der Waals surface area contributed by atoms with E-state index in [0.717, 1.165) is 11.3 Å². The van der Waals surface area contributed by atoms with Crippen LogP contribution in [0.5, 0.6) is 5.75 Å². The van der Waals surface area contributed by atoms with Crippen molar-refractivity contribution in [2.24, 2.45) is 0 Å². The van der Waals surface area contributed by atoms with Gasteiger partial charge < -0.3 is 4.74 Å². The number of nitrogens with one attached hydrogen (secondary N) is 1. The molecule has 0 saturated carbocycles. The smallest absolute Gasteiger partial charge is 0.139 e. The van der Waals surface area contributed by atoms with Gasteiger partial charge in [-0.15, -0.1) is 0 Å². The lowest BCUT2D eigenvalue weighted by molar-refractivity contribution is 0.306. The third-order valence-electron chi connectivity index (χ3n) is 2.54. The normalized spacial score (nSPS) is 9.50. The van der Waals surface area contributed by atoms with E-state index >= 15 is 0 Å². The summed E-state index contributed by atoms with van der Waals surface area (Å²) >= 11 is 0. The molecule has 88 valence electrons. The molecule has 0 bridgehead atoms. The molecule has 3 heteroatoms. The van der Waals surface area contributed by atoms with Crippen molar-refractivity contribution in [2.75, 3.05) is 0 Å². The zero-order valence-electron chi connectivity index (χ0n) is 9.76. The Labute approximate surface area is 106 Å². The number of para-hydroxylation sites is 1. The van der Waals surface area contributed by atoms with E-state index in [0.29, 0.717) is 12.2 Å². The lowest BCUT2D eigenvalue weighted by Crippen LogP contribution is -2.04. The van der Waals surface area contributed by atoms with Gasteiger partial charge in [-0.05, 0) is 17.7 Å². The molecule has 2 aromatic carbocycles. The minimum Gasteiger partial charge on any atom is -0.489 e. The highest BCUT2D eigenvalue weighted by atomic mass is 16.5. The number of benzene rings is 2. The largest absolute Gasteiger partial charge is 0.489 e. The van der Waals surface area contributed by atoms with Crippen LogP contribution >= 0.6 is 0 Å². The Morgan fingerprint density at radius 3 is 2.44 bits per heavy atom. The fraction of sp³-hybridized carbons (Fsp3) is 0.0667. The van der Waals surface area contributed by atoms with E-state index in [-0.39, 0.29) is 5.71 Å². The van der Waals surface area contributed by atoms with Gasteiger partial charge in [0.1, 0.15) is 24.1 Å². The van der Waals surface area contributed by atoms with E-state index in [1.165, 1.54) is 0 Å². The molecule has 3 nitrogen and oxygen atoms in total. The predicted molar refractivity (Wildman–Crippen MR) is 69.7 cm³/mol. The number of nitrogens with zero attached hydrogens (tertiary/aromatic N) is 1. The van der Waals surface area contributed by atoms with Crippen molar-refractivity contribution >= 4 is 5.71 Å². The topological polar surface area (TPSA) is 56.9 Å². The van der Waals surface area contributed by atoms with Gasteiger partial charge in [0.2, 0.25) is 0 Å². The van der Waals surface area contributed by atoms with E-state index in [1.54, 1.807) is 6.07 Å². The maximum atomic E-state index is 8.78. The number of nitriles is 1. The third kappa shape index (κ3) is 2.74. The molecule has 0 radical (unpaired) electrons. The molecule has 0 aliphatic carbocycles. The van der Waals surface area contributed by atoms with E-state index in [9.17, 15) is 0 Å². The lowest BCUT2D eigenvalue weighted by Gasteiger charge is -2.09. The van der Waals surface area contributed by atoms with E-state index in [2.05, 4.69) is 0 Å². The van der Waals surface area contributed by atoms with Gasteiger partial charge in [0, 0.05) is 5.56 Å². The molecule has 0 aromatic heterocycles. The maximum Gasteiger partial charge on any atom is 0.139 e. The molecule has 1 N–H and O–H groups in total. The summed E-state index contributed by atoms with van der Waals surface area (Å²) in [7, 11) is 0. The lowest BCUT2D eigenvalue weighted by atomic mass is 10.0. The molecular formula is C15H12N2O. The van der Waals surface area contributed by atoms with Crippen molar-refractivity contribution < 1.29 is 4.74 Å². The average molecular weight is 236 g/mol. The molecule has 0 saturated heterocycles. The summed E-state index contributed by atoms with van der Waals surface area (Å²) in [5, 5.41) is 16.4. The first-order valence-corrected chi connectivity index (χ1v) is 5.56. The van der Waals surface area contributed by atoms with Gasteiger partial charge in [0.15, 0.2) is 0 Å². The first-order valence-electron chi connectivity index (χ1n) is 5.56.